The molecule has 0 radical (unpaired) electrons. The van der Waals surface area contributed by atoms with Gasteiger partial charge in [-0.25, -0.2) is 8.42 Å². The van der Waals surface area contributed by atoms with Gasteiger partial charge in [0, 0.05) is 24.2 Å². The Labute approximate surface area is 142 Å². The molecule has 1 aromatic carbocycles. The maximum absolute atomic E-state index is 12.5. The summed E-state index contributed by atoms with van der Waals surface area (Å²) in [4.78, 5) is 16.2. The molecule has 1 saturated heterocycles. The van der Waals surface area contributed by atoms with Gasteiger partial charge in [-0.2, -0.15) is 0 Å². The summed E-state index contributed by atoms with van der Waals surface area (Å²) in [6, 6.07) is 5.75. The lowest BCUT2D eigenvalue weighted by Gasteiger charge is -2.32. The maximum Gasteiger partial charge on any atom is 0.237 e. The quantitative estimate of drug-likeness (QED) is 0.820. The standard InChI is InChI=1S/C16H21ClN2O3S/c1-18(13-6-8-23(21,22)11-13)10-16(20)19-7-5-14-12(9-19)3-2-4-15(14)17/h2-4,13H,5-11H2,1H3/t13-/m1/s1. The van der Waals surface area contributed by atoms with E-state index in [1.54, 1.807) is 0 Å². The van der Waals surface area contributed by atoms with E-state index in [-0.39, 0.29) is 30.0 Å². The number of benzene rings is 1. The van der Waals surface area contributed by atoms with Crippen molar-refractivity contribution in [2.24, 2.45) is 0 Å². The summed E-state index contributed by atoms with van der Waals surface area (Å²) in [5.41, 5.74) is 2.23. The van der Waals surface area contributed by atoms with Crippen molar-refractivity contribution in [3.8, 4) is 0 Å². The molecule has 126 valence electrons. The topological polar surface area (TPSA) is 57.7 Å². The summed E-state index contributed by atoms with van der Waals surface area (Å²) in [7, 11) is -1.10. The van der Waals surface area contributed by atoms with E-state index in [0.29, 0.717) is 19.5 Å². The maximum atomic E-state index is 12.5. The van der Waals surface area contributed by atoms with Crippen molar-refractivity contribution in [2.45, 2.75) is 25.4 Å². The Morgan fingerprint density at radius 2 is 2.22 bits per heavy atom. The van der Waals surface area contributed by atoms with Crippen molar-refractivity contribution in [2.75, 3.05) is 31.6 Å². The van der Waals surface area contributed by atoms with Crippen LogP contribution in [0.1, 0.15) is 17.5 Å². The van der Waals surface area contributed by atoms with Gasteiger partial charge in [0.2, 0.25) is 5.91 Å². The third-order valence-corrected chi connectivity index (χ3v) is 6.88. The molecule has 2 aliphatic rings. The first-order chi connectivity index (χ1) is 10.9. The summed E-state index contributed by atoms with van der Waals surface area (Å²) in [5.74, 6) is 0.434. The monoisotopic (exact) mass is 356 g/mol. The zero-order valence-electron chi connectivity index (χ0n) is 13.2. The van der Waals surface area contributed by atoms with Crippen LogP contribution >= 0.6 is 11.6 Å². The Kier molecular flexibility index (Phi) is 4.67. The van der Waals surface area contributed by atoms with E-state index < -0.39 is 9.84 Å². The van der Waals surface area contributed by atoms with Crippen LogP contribution in [0.3, 0.4) is 0 Å². The number of halogens is 1. The fraction of sp³-hybridized carbons (Fsp3) is 0.562. The predicted octanol–water partition coefficient (Wildman–Crippen LogP) is 1.34. The molecule has 0 N–H and O–H groups in total. The first-order valence-electron chi connectivity index (χ1n) is 7.80. The van der Waals surface area contributed by atoms with Crippen molar-refractivity contribution in [3.63, 3.8) is 0 Å². The van der Waals surface area contributed by atoms with Gasteiger partial charge in [-0.05, 0) is 37.1 Å². The minimum absolute atomic E-state index is 0.0439. The number of hydrogen-bond donors (Lipinski definition) is 0. The van der Waals surface area contributed by atoms with E-state index in [4.69, 9.17) is 11.6 Å². The first kappa shape index (κ1) is 16.7. The van der Waals surface area contributed by atoms with E-state index in [2.05, 4.69) is 0 Å². The third kappa shape index (κ3) is 3.70. The molecule has 1 aromatic rings. The molecule has 1 atom stereocenters. The Hall–Kier alpha value is -1.11. The lowest BCUT2D eigenvalue weighted by Crippen LogP contribution is -2.44. The average Bonchev–Trinajstić information content (AvgIpc) is 2.87. The second kappa shape index (κ2) is 6.42. The number of amides is 1. The molecule has 5 nitrogen and oxygen atoms in total. The lowest BCUT2D eigenvalue weighted by atomic mass is 9.99. The van der Waals surface area contributed by atoms with Gasteiger partial charge in [0.25, 0.3) is 0 Å². The van der Waals surface area contributed by atoms with E-state index in [9.17, 15) is 13.2 Å². The number of rotatable bonds is 3. The minimum Gasteiger partial charge on any atom is -0.337 e. The van der Waals surface area contributed by atoms with Crippen LogP contribution in [-0.2, 0) is 27.6 Å². The van der Waals surface area contributed by atoms with Gasteiger partial charge >= 0.3 is 0 Å². The van der Waals surface area contributed by atoms with Crippen LogP contribution in [-0.4, -0.2) is 61.8 Å². The fourth-order valence-electron chi connectivity index (χ4n) is 3.34. The Morgan fingerprint density at radius 1 is 1.43 bits per heavy atom. The highest BCUT2D eigenvalue weighted by Gasteiger charge is 2.32. The molecule has 3 rings (SSSR count). The van der Waals surface area contributed by atoms with Crippen molar-refractivity contribution in [1.82, 2.24) is 9.80 Å². The highest BCUT2D eigenvalue weighted by atomic mass is 35.5. The van der Waals surface area contributed by atoms with E-state index in [1.807, 2.05) is 35.0 Å². The Bertz CT molecular complexity index is 720. The largest absolute Gasteiger partial charge is 0.337 e. The Morgan fingerprint density at radius 3 is 2.91 bits per heavy atom. The molecule has 0 aliphatic carbocycles. The lowest BCUT2D eigenvalue weighted by molar-refractivity contribution is -0.133. The van der Waals surface area contributed by atoms with Gasteiger partial charge < -0.3 is 4.90 Å². The van der Waals surface area contributed by atoms with Crippen molar-refractivity contribution in [3.05, 3.63) is 34.3 Å². The van der Waals surface area contributed by atoms with Crippen LogP contribution in [0.4, 0.5) is 0 Å². The molecule has 1 fully saturated rings. The van der Waals surface area contributed by atoms with Gasteiger partial charge in [-0.3, -0.25) is 9.69 Å². The molecular weight excluding hydrogens is 336 g/mol. The second-order valence-electron chi connectivity index (χ2n) is 6.41. The van der Waals surface area contributed by atoms with Crippen LogP contribution in [0.25, 0.3) is 0 Å². The predicted molar refractivity (Wildman–Crippen MR) is 90.3 cm³/mol. The van der Waals surface area contributed by atoms with Crippen LogP contribution in [0, 0.1) is 0 Å². The van der Waals surface area contributed by atoms with Crippen molar-refractivity contribution < 1.29 is 13.2 Å². The van der Waals surface area contributed by atoms with Crippen LogP contribution in [0.2, 0.25) is 5.02 Å². The highest BCUT2D eigenvalue weighted by Crippen LogP contribution is 2.26. The smallest absolute Gasteiger partial charge is 0.237 e. The molecular formula is C16H21ClN2O3S. The minimum atomic E-state index is -2.93. The first-order valence-corrected chi connectivity index (χ1v) is 10.0. The molecule has 1 amide bonds. The highest BCUT2D eigenvalue weighted by molar-refractivity contribution is 7.91. The second-order valence-corrected chi connectivity index (χ2v) is 9.05. The van der Waals surface area contributed by atoms with Gasteiger partial charge in [-0.1, -0.05) is 23.7 Å². The van der Waals surface area contributed by atoms with Gasteiger partial charge in [0.05, 0.1) is 18.1 Å². The van der Waals surface area contributed by atoms with Crippen LogP contribution < -0.4 is 0 Å². The number of likely N-dealkylation sites (N-methyl/N-ethyl adjacent to an activating group) is 1. The van der Waals surface area contributed by atoms with Gasteiger partial charge in [0.15, 0.2) is 9.84 Å². The molecule has 0 spiro atoms. The molecule has 0 aromatic heterocycles. The van der Waals surface area contributed by atoms with Crippen molar-refractivity contribution >= 4 is 27.3 Å². The number of hydrogen-bond acceptors (Lipinski definition) is 4. The SMILES string of the molecule is CN(CC(=O)N1CCc2c(Cl)cccc2C1)[C@@H]1CCS(=O)(=O)C1. The summed E-state index contributed by atoms with van der Waals surface area (Å²) in [6.45, 7) is 1.49. The average molecular weight is 357 g/mol. The molecule has 0 unspecified atom stereocenters. The van der Waals surface area contributed by atoms with Gasteiger partial charge in [-0.15, -0.1) is 0 Å². The van der Waals surface area contributed by atoms with E-state index in [1.165, 1.54) is 0 Å². The number of carbonyl (C=O) groups excluding carboxylic acids is 1. The number of carbonyl (C=O) groups is 1. The zero-order valence-corrected chi connectivity index (χ0v) is 14.7. The normalized spacial score (nSPS) is 23.1. The summed E-state index contributed by atoms with van der Waals surface area (Å²) < 4.78 is 23.1. The molecule has 0 bridgehead atoms. The number of fused-ring (bicyclic) bond motifs is 1. The van der Waals surface area contributed by atoms with E-state index in [0.717, 1.165) is 22.6 Å². The third-order valence-electron chi connectivity index (χ3n) is 4.78. The molecule has 0 saturated carbocycles. The van der Waals surface area contributed by atoms with E-state index >= 15 is 0 Å². The molecule has 2 heterocycles. The number of sulfone groups is 1. The molecule has 7 heteroatoms. The molecule has 23 heavy (non-hydrogen) atoms. The fourth-order valence-corrected chi connectivity index (χ4v) is 5.44. The number of nitrogens with zero attached hydrogens (tertiary/aromatic N) is 2. The van der Waals surface area contributed by atoms with Crippen LogP contribution in [0.15, 0.2) is 18.2 Å². The zero-order chi connectivity index (χ0) is 16.6. The van der Waals surface area contributed by atoms with Crippen LogP contribution in [0.5, 0.6) is 0 Å². The Balaban J connectivity index is 1.61. The summed E-state index contributed by atoms with van der Waals surface area (Å²) in [6.07, 6.45) is 1.38. The molecule has 2 aliphatic heterocycles. The van der Waals surface area contributed by atoms with Crippen molar-refractivity contribution in [1.29, 1.82) is 0 Å². The van der Waals surface area contributed by atoms with Gasteiger partial charge in [0.1, 0.15) is 0 Å². The summed E-state index contributed by atoms with van der Waals surface area (Å²) >= 11 is 6.20. The summed E-state index contributed by atoms with van der Waals surface area (Å²) in [5, 5.41) is 0.767.